The molecule has 2 nitrogen and oxygen atoms in total. The molecule has 0 amide bonds. The molecule has 0 atom stereocenters. The third-order valence-electron chi connectivity index (χ3n) is 11.3. The molecule has 0 aliphatic heterocycles. The van der Waals surface area contributed by atoms with Gasteiger partial charge in [-0.25, -0.2) is 4.98 Å². The minimum Gasteiger partial charge on any atom is -0.292 e. The Hall–Kier alpha value is -6.77. The summed E-state index contributed by atoms with van der Waals surface area (Å²) in [5.41, 5.74) is 16.3. The summed E-state index contributed by atoms with van der Waals surface area (Å²) in [6, 6.07) is 71.1. The van der Waals surface area contributed by atoms with Gasteiger partial charge in [0.1, 0.15) is 5.65 Å². The number of imidazole rings is 1. The first-order chi connectivity index (χ1) is 25.8. The molecule has 0 radical (unpaired) electrons. The van der Waals surface area contributed by atoms with Crippen molar-refractivity contribution in [1.82, 2.24) is 9.38 Å². The van der Waals surface area contributed by atoms with Crippen LogP contribution in [0.15, 0.2) is 194 Å². The Bertz CT molecular complexity index is 2960. The number of fused-ring (bicyclic) bond motifs is 11. The number of hydrogen-bond donors (Lipinski definition) is 0. The molecule has 0 spiro atoms. The Morgan fingerprint density at radius 3 is 1.79 bits per heavy atom. The van der Waals surface area contributed by atoms with Crippen LogP contribution < -0.4 is 0 Å². The predicted octanol–water partition coefficient (Wildman–Crippen LogP) is 12.5. The topological polar surface area (TPSA) is 17.3 Å². The number of hydrogen-bond acceptors (Lipinski definition) is 1. The van der Waals surface area contributed by atoms with E-state index in [0.29, 0.717) is 0 Å². The summed E-state index contributed by atoms with van der Waals surface area (Å²) < 4.78 is 2.34. The minimum absolute atomic E-state index is 0.487. The van der Waals surface area contributed by atoms with E-state index in [1.54, 1.807) is 0 Å². The van der Waals surface area contributed by atoms with Crippen molar-refractivity contribution in [1.29, 1.82) is 0 Å². The molecule has 52 heavy (non-hydrogen) atoms. The van der Waals surface area contributed by atoms with Crippen LogP contribution in [0, 0.1) is 0 Å². The number of para-hydroxylation sites is 3. The standard InChI is InChI=1S/C50H32N2/c1-4-16-33(17-5-1)37-30-31-43-48(40-23-10-12-24-42(40)50(43,35-18-6-2-7-19-35)36-20-8-3-9-21-36)47(37)34-28-29-38-39-22-11-14-26-45(39)52-46-27-15-13-25-44(46)51-49(52)41(38)32-34/h1-32H. The van der Waals surface area contributed by atoms with Gasteiger partial charge in [-0.2, -0.15) is 0 Å². The van der Waals surface area contributed by atoms with Gasteiger partial charge in [-0.1, -0.05) is 170 Å². The lowest BCUT2D eigenvalue weighted by molar-refractivity contribution is 0.768. The molecule has 8 aromatic carbocycles. The van der Waals surface area contributed by atoms with Gasteiger partial charge >= 0.3 is 0 Å². The van der Waals surface area contributed by atoms with Gasteiger partial charge in [0, 0.05) is 10.8 Å². The lowest BCUT2D eigenvalue weighted by Gasteiger charge is -2.34. The van der Waals surface area contributed by atoms with Crippen molar-refractivity contribution >= 4 is 38.4 Å². The van der Waals surface area contributed by atoms with Crippen molar-refractivity contribution in [3.63, 3.8) is 0 Å². The SMILES string of the molecule is c1ccc(-c2ccc3c(c2-c2ccc4c5ccccc5n5c6ccccc6nc5c4c2)-c2ccccc2C3(c2ccccc2)c2ccccc2)cc1. The predicted molar refractivity (Wildman–Crippen MR) is 216 cm³/mol. The smallest absolute Gasteiger partial charge is 0.146 e. The third kappa shape index (κ3) is 3.92. The highest BCUT2D eigenvalue weighted by Crippen LogP contribution is 2.59. The van der Waals surface area contributed by atoms with Crippen molar-refractivity contribution in [2.45, 2.75) is 5.41 Å². The van der Waals surface area contributed by atoms with Gasteiger partial charge in [-0.05, 0) is 85.3 Å². The largest absolute Gasteiger partial charge is 0.292 e. The van der Waals surface area contributed by atoms with Crippen molar-refractivity contribution < 1.29 is 0 Å². The Kier molecular flexibility index (Phi) is 6.20. The van der Waals surface area contributed by atoms with Gasteiger partial charge in [-0.3, -0.25) is 4.40 Å². The fraction of sp³-hybridized carbons (Fsp3) is 0.0200. The first-order valence-electron chi connectivity index (χ1n) is 18.0. The maximum atomic E-state index is 5.28. The highest BCUT2D eigenvalue weighted by atomic mass is 15.0. The van der Waals surface area contributed by atoms with Crippen LogP contribution in [0.1, 0.15) is 22.3 Å². The van der Waals surface area contributed by atoms with E-state index in [9.17, 15) is 0 Å². The second-order valence-corrected chi connectivity index (χ2v) is 13.8. The fourth-order valence-electron chi connectivity index (χ4n) is 9.16. The number of benzene rings is 8. The zero-order valence-corrected chi connectivity index (χ0v) is 28.4. The Morgan fingerprint density at radius 2 is 1.02 bits per heavy atom. The minimum atomic E-state index is -0.487. The molecule has 242 valence electrons. The maximum Gasteiger partial charge on any atom is 0.146 e. The van der Waals surface area contributed by atoms with Crippen LogP contribution in [0.5, 0.6) is 0 Å². The molecule has 1 aliphatic rings. The van der Waals surface area contributed by atoms with Crippen LogP contribution in [0.25, 0.3) is 71.7 Å². The van der Waals surface area contributed by atoms with Crippen molar-refractivity contribution in [2.24, 2.45) is 0 Å². The molecule has 10 aromatic rings. The van der Waals surface area contributed by atoms with Crippen LogP contribution in [0.2, 0.25) is 0 Å². The van der Waals surface area contributed by atoms with Crippen LogP contribution >= 0.6 is 0 Å². The summed E-state index contributed by atoms with van der Waals surface area (Å²) in [4.78, 5) is 5.28. The van der Waals surface area contributed by atoms with E-state index in [1.807, 2.05) is 0 Å². The third-order valence-corrected chi connectivity index (χ3v) is 11.3. The second kappa shape index (κ2) is 11.1. The zero-order valence-electron chi connectivity index (χ0n) is 28.4. The number of pyridine rings is 1. The van der Waals surface area contributed by atoms with Crippen LogP contribution in [-0.4, -0.2) is 9.38 Å². The monoisotopic (exact) mass is 660 g/mol. The lowest BCUT2D eigenvalue weighted by atomic mass is 9.67. The van der Waals surface area contributed by atoms with E-state index in [2.05, 4.69) is 199 Å². The molecule has 0 N–H and O–H groups in total. The summed E-state index contributed by atoms with van der Waals surface area (Å²) in [6.07, 6.45) is 0. The van der Waals surface area contributed by atoms with E-state index in [0.717, 1.165) is 22.1 Å². The molecule has 0 bridgehead atoms. The first kappa shape index (κ1) is 29.0. The molecule has 2 aromatic heterocycles. The fourth-order valence-corrected chi connectivity index (χ4v) is 9.16. The van der Waals surface area contributed by atoms with Crippen molar-refractivity contribution in [3.8, 4) is 33.4 Å². The van der Waals surface area contributed by atoms with Gasteiger partial charge in [0.25, 0.3) is 0 Å². The number of nitrogens with zero attached hydrogens (tertiary/aromatic N) is 2. The normalized spacial score (nSPS) is 13.2. The molecule has 2 heteroatoms. The summed E-state index contributed by atoms with van der Waals surface area (Å²) in [6.45, 7) is 0. The van der Waals surface area contributed by atoms with Gasteiger partial charge < -0.3 is 0 Å². The molecule has 1 aliphatic carbocycles. The molecular formula is C50H32N2. The summed E-state index contributed by atoms with van der Waals surface area (Å²) in [5, 5.41) is 3.57. The Labute approximate surface area is 301 Å². The van der Waals surface area contributed by atoms with E-state index >= 15 is 0 Å². The van der Waals surface area contributed by atoms with Crippen LogP contribution in [0.3, 0.4) is 0 Å². The molecule has 11 rings (SSSR count). The summed E-state index contributed by atoms with van der Waals surface area (Å²) >= 11 is 0. The molecule has 0 saturated heterocycles. The van der Waals surface area contributed by atoms with Crippen LogP contribution in [-0.2, 0) is 5.41 Å². The van der Waals surface area contributed by atoms with E-state index in [1.165, 1.54) is 71.9 Å². The Balaban J connectivity index is 1.31. The van der Waals surface area contributed by atoms with E-state index < -0.39 is 5.41 Å². The second-order valence-electron chi connectivity index (χ2n) is 13.8. The van der Waals surface area contributed by atoms with Gasteiger partial charge in [0.05, 0.1) is 22.0 Å². The van der Waals surface area contributed by atoms with Gasteiger partial charge in [0.2, 0.25) is 0 Å². The first-order valence-corrected chi connectivity index (χ1v) is 18.0. The molecule has 2 heterocycles. The van der Waals surface area contributed by atoms with Crippen LogP contribution in [0.4, 0.5) is 0 Å². The lowest BCUT2D eigenvalue weighted by Crippen LogP contribution is -2.28. The van der Waals surface area contributed by atoms with Gasteiger partial charge in [0.15, 0.2) is 0 Å². The van der Waals surface area contributed by atoms with E-state index in [4.69, 9.17) is 4.98 Å². The molecular weight excluding hydrogens is 629 g/mol. The summed E-state index contributed by atoms with van der Waals surface area (Å²) in [5.74, 6) is 0. The van der Waals surface area contributed by atoms with Crippen molar-refractivity contribution in [3.05, 3.63) is 216 Å². The molecule has 0 unspecified atom stereocenters. The molecule has 0 saturated carbocycles. The average Bonchev–Trinajstić information content (AvgIpc) is 3.76. The quantitative estimate of drug-likeness (QED) is 0.172. The summed E-state index contributed by atoms with van der Waals surface area (Å²) in [7, 11) is 0. The zero-order chi connectivity index (χ0) is 34.2. The highest BCUT2D eigenvalue weighted by molar-refractivity contribution is 6.15. The Morgan fingerprint density at radius 1 is 0.385 bits per heavy atom. The number of aromatic nitrogens is 2. The maximum absolute atomic E-state index is 5.28. The van der Waals surface area contributed by atoms with Crippen molar-refractivity contribution in [2.75, 3.05) is 0 Å². The average molecular weight is 661 g/mol. The molecule has 0 fully saturated rings. The number of rotatable bonds is 4. The highest BCUT2D eigenvalue weighted by Gasteiger charge is 2.47. The van der Waals surface area contributed by atoms with E-state index in [-0.39, 0.29) is 0 Å². The van der Waals surface area contributed by atoms with Gasteiger partial charge in [-0.15, -0.1) is 0 Å².